The fraction of sp³-hybridized carbons (Fsp3) is 0.250. The number of rotatable bonds is 10. The van der Waals surface area contributed by atoms with Gasteiger partial charge in [-0.2, -0.15) is 10.2 Å². The molecule has 31 heavy (non-hydrogen) atoms. The third-order valence-electron chi connectivity index (χ3n) is 4.75. The van der Waals surface area contributed by atoms with Crippen molar-refractivity contribution in [3.05, 3.63) is 84.2 Å². The summed E-state index contributed by atoms with van der Waals surface area (Å²) in [5, 5.41) is 13.1. The Labute approximate surface area is 181 Å². The molecule has 2 aromatic carbocycles. The van der Waals surface area contributed by atoms with Crippen LogP contribution in [-0.4, -0.2) is 47.8 Å². The number of amides is 2. The minimum absolute atomic E-state index is 0.137. The van der Waals surface area contributed by atoms with Crippen molar-refractivity contribution in [2.45, 2.75) is 19.4 Å². The number of hydrogen-bond acceptors (Lipinski definition) is 5. The van der Waals surface area contributed by atoms with E-state index < -0.39 is 0 Å². The lowest BCUT2D eigenvalue weighted by Crippen LogP contribution is -2.36. The number of carbonyl (C=O) groups excluding carboxylic acids is 2. The highest BCUT2D eigenvalue weighted by Crippen LogP contribution is 2.19. The molecule has 3 aromatic rings. The summed E-state index contributed by atoms with van der Waals surface area (Å²) < 4.78 is 5.69. The molecule has 0 aliphatic rings. The van der Waals surface area contributed by atoms with Crippen LogP contribution in [0.3, 0.4) is 0 Å². The molecule has 0 bridgehead atoms. The Balaban J connectivity index is 1.46. The normalized spacial score (nSPS) is 11.5. The molecule has 2 N–H and O–H groups in total. The van der Waals surface area contributed by atoms with Gasteiger partial charge in [0, 0.05) is 25.3 Å². The molecule has 0 aliphatic heterocycles. The maximum atomic E-state index is 12.4. The van der Waals surface area contributed by atoms with E-state index in [4.69, 9.17) is 4.74 Å². The Hall–Kier alpha value is -3.58. The van der Waals surface area contributed by atoms with E-state index in [1.807, 2.05) is 61.5 Å². The summed E-state index contributed by atoms with van der Waals surface area (Å²) in [5.74, 6) is -0.371. The number of nitrogens with zero attached hydrogens (tertiary/aromatic N) is 2. The van der Waals surface area contributed by atoms with Crippen LogP contribution in [0, 0.1) is 0 Å². The molecule has 3 rings (SSSR count). The highest BCUT2D eigenvalue weighted by Gasteiger charge is 2.13. The standard InChI is InChI=1S/C24H26N4O3/c1-2-31-22(17-26-24(30)21-12-15-27-28-16-21)13-14-25-23(29)20-10-8-19(9-11-20)18-6-4-3-5-7-18/h3-12,15-16,22H,2,13-14,17H2,1H3,(H,25,29)(H,26,30). The summed E-state index contributed by atoms with van der Waals surface area (Å²) in [6, 6.07) is 19.1. The second-order valence-electron chi connectivity index (χ2n) is 6.91. The molecule has 1 unspecified atom stereocenters. The van der Waals surface area contributed by atoms with E-state index in [2.05, 4.69) is 20.8 Å². The van der Waals surface area contributed by atoms with Crippen molar-refractivity contribution in [2.75, 3.05) is 19.7 Å². The summed E-state index contributed by atoms with van der Waals surface area (Å²) in [6.07, 6.45) is 3.26. The first-order chi connectivity index (χ1) is 15.2. The van der Waals surface area contributed by atoms with Gasteiger partial charge in [0.1, 0.15) is 0 Å². The van der Waals surface area contributed by atoms with Crippen molar-refractivity contribution in [2.24, 2.45) is 0 Å². The highest BCUT2D eigenvalue weighted by atomic mass is 16.5. The second-order valence-corrected chi connectivity index (χ2v) is 6.91. The Kier molecular flexibility index (Phi) is 8.25. The summed E-state index contributed by atoms with van der Waals surface area (Å²) in [6.45, 7) is 3.20. The van der Waals surface area contributed by atoms with Crippen molar-refractivity contribution in [1.82, 2.24) is 20.8 Å². The Bertz CT molecular complexity index is 963. The molecular weight excluding hydrogens is 392 g/mol. The molecule has 2 amide bonds. The van der Waals surface area contributed by atoms with Gasteiger partial charge in [0.05, 0.1) is 24.1 Å². The van der Waals surface area contributed by atoms with Crippen molar-refractivity contribution in [3.8, 4) is 11.1 Å². The monoisotopic (exact) mass is 418 g/mol. The number of nitrogens with one attached hydrogen (secondary N) is 2. The maximum Gasteiger partial charge on any atom is 0.253 e. The fourth-order valence-corrected chi connectivity index (χ4v) is 3.11. The first-order valence-electron chi connectivity index (χ1n) is 10.3. The zero-order chi connectivity index (χ0) is 21.9. The van der Waals surface area contributed by atoms with E-state index in [1.165, 1.54) is 12.4 Å². The molecule has 1 aromatic heterocycles. The topological polar surface area (TPSA) is 93.2 Å². The van der Waals surface area contributed by atoms with Crippen LogP contribution in [-0.2, 0) is 4.74 Å². The summed E-state index contributed by atoms with van der Waals surface area (Å²) in [7, 11) is 0. The SMILES string of the molecule is CCOC(CCNC(=O)c1ccc(-c2ccccc2)cc1)CNC(=O)c1ccnnc1. The smallest absolute Gasteiger partial charge is 0.253 e. The van der Waals surface area contributed by atoms with Gasteiger partial charge in [0.15, 0.2) is 0 Å². The molecule has 0 aliphatic carbocycles. The molecule has 0 spiro atoms. The van der Waals surface area contributed by atoms with E-state index in [1.54, 1.807) is 6.07 Å². The largest absolute Gasteiger partial charge is 0.377 e. The van der Waals surface area contributed by atoms with Crippen LogP contribution in [0.1, 0.15) is 34.1 Å². The first-order valence-corrected chi connectivity index (χ1v) is 10.3. The number of benzene rings is 2. The van der Waals surface area contributed by atoms with Crippen LogP contribution in [0.2, 0.25) is 0 Å². The van der Waals surface area contributed by atoms with E-state index in [9.17, 15) is 9.59 Å². The van der Waals surface area contributed by atoms with E-state index in [0.29, 0.717) is 37.2 Å². The van der Waals surface area contributed by atoms with Crippen molar-refractivity contribution < 1.29 is 14.3 Å². The van der Waals surface area contributed by atoms with Crippen LogP contribution in [0.15, 0.2) is 73.1 Å². The van der Waals surface area contributed by atoms with Gasteiger partial charge in [-0.15, -0.1) is 0 Å². The maximum absolute atomic E-state index is 12.4. The van der Waals surface area contributed by atoms with Gasteiger partial charge in [-0.3, -0.25) is 9.59 Å². The quantitative estimate of drug-likeness (QED) is 0.528. The summed E-state index contributed by atoms with van der Waals surface area (Å²) in [4.78, 5) is 24.6. The lowest BCUT2D eigenvalue weighted by molar-refractivity contribution is 0.0534. The molecule has 0 radical (unpaired) electrons. The van der Waals surface area contributed by atoms with Gasteiger partial charge in [-0.1, -0.05) is 42.5 Å². The number of aromatic nitrogens is 2. The zero-order valence-corrected chi connectivity index (χ0v) is 17.5. The molecular formula is C24H26N4O3. The van der Waals surface area contributed by atoms with Gasteiger partial charge in [0.2, 0.25) is 0 Å². The molecule has 1 atom stereocenters. The van der Waals surface area contributed by atoms with Crippen molar-refractivity contribution in [3.63, 3.8) is 0 Å². The number of hydrogen-bond donors (Lipinski definition) is 2. The Morgan fingerprint density at radius 3 is 2.26 bits per heavy atom. The highest BCUT2D eigenvalue weighted by molar-refractivity contribution is 5.94. The summed E-state index contributed by atoms with van der Waals surface area (Å²) >= 11 is 0. The van der Waals surface area contributed by atoms with E-state index >= 15 is 0 Å². The van der Waals surface area contributed by atoms with Crippen molar-refractivity contribution in [1.29, 1.82) is 0 Å². The van der Waals surface area contributed by atoms with E-state index in [-0.39, 0.29) is 17.9 Å². The van der Waals surface area contributed by atoms with Crippen LogP contribution >= 0.6 is 0 Å². The van der Waals surface area contributed by atoms with Gasteiger partial charge < -0.3 is 15.4 Å². The minimum atomic E-state index is -0.234. The molecule has 7 nitrogen and oxygen atoms in total. The second kappa shape index (κ2) is 11.6. The Morgan fingerprint density at radius 2 is 1.58 bits per heavy atom. The van der Waals surface area contributed by atoms with Gasteiger partial charge >= 0.3 is 0 Å². The molecule has 7 heteroatoms. The fourth-order valence-electron chi connectivity index (χ4n) is 3.11. The average molecular weight is 418 g/mol. The van der Waals surface area contributed by atoms with E-state index in [0.717, 1.165) is 11.1 Å². The minimum Gasteiger partial charge on any atom is -0.377 e. The Morgan fingerprint density at radius 1 is 0.871 bits per heavy atom. The van der Waals surface area contributed by atoms with Gasteiger partial charge in [-0.05, 0) is 42.7 Å². The summed E-state index contributed by atoms with van der Waals surface area (Å²) in [5.41, 5.74) is 3.22. The van der Waals surface area contributed by atoms with Crippen LogP contribution in [0.5, 0.6) is 0 Å². The molecule has 0 saturated heterocycles. The van der Waals surface area contributed by atoms with Gasteiger partial charge in [-0.25, -0.2) is 0 Å². The van der Waals surface area contributed by atoms with Crippen LogP contribution in [0.4, 0.5) is 0 Å². The third kappa shape index (κ3) is 6.72. The van der Waals surface area contributed by atoms with Crippen molar-refractivity contribution >= 4 is 11.8 Å². The predicted molar refractivity (Wildman–Crippen MR) is 119 cm³/mol. The molecule has 160 valence electrons. The van der Waals surface area contributed by atoms with Gasteiger partial charge in [0.25, 0.3) is 11.8 Å². The molecule has 1 heterocycles. The lowest BCUT2D eigenvalue weighted by atomic mass is 10.0. The van der Waals surface area contributed by atoms with Crippen LogP contribution in [0.25, 0.3) is 11.1 Å². The lowest BCUT2D eigenvalue weighted by Gasteiger charge is -2.18. The number of carbonyl (C=O) groups is 2. The number of ether oxygens (including phenoxy) is 1. The average Bonchev–Trinajstić information content (AvgIpc) is 2.83. The molecule has 0 saturated carbocycles. The van der Waals surface area contributed by atoms with Crippen LogP contribution < -0.4 is 10.6 Å². The first kappa shape index (κ1) is 22.1. The predicted octanol–water partition coefficient (Wildman–Crippen LogP) is 3.10. The molecule has 0 fully saturated rings. The third-order valence-corrected chi connectivity index (χ3v) is 4.75. The zero-order valence-electron chi connectivity index (χ0n) is 17.5.